The van der Waals surface area contributed by atoms with E-state index in [1.165, 1.54) is 5.56 Å². The number of fused-ring (bicyclic) bond motifs is 3. The van der Waals surface area contributed by atoms with Gasteiger partial charge in [0.1, 0.15) is 0 Å². The maximum absolute atomic E-state index is 10.6. The largest absolute Gasteiger partial charge is 0.490 e. The number of halogens is 6. The summed E-state index contributed by atoms with van der Waals surface area (Å²) in [4.78, 5) is 26.9. The first kappa shape index (κ1) is 27.4. The average Bonchev–Trinajstić information content (AvgIpc) is 3.08. The lowest BCUT2D eigenvalue weighted by molar-refractivity contribution is -0.193. The monoisotopic (exact) mass is 483 g/mol. The third kappa shape index (κ3) is 7.78. The zero-order chi connectivity index (χ0) is 25.6. The van der Waals surface area contributed by atoms with Crippen LogP contribution in [0.25, 0.3) is 16.7 Å². The highest BCUT2D eigenvalue weighted by Gasteiger charge is 2.38. The zero-order valence-electron chi connectivity index (χ0n) is 17.1. The molecule has 0 amide bonds. The molecule has 182 valence electrons. The summed E-state index contributed by atoms with van der Waals surface area (Å²) in [6.45, 7) is 5.39. The molecule has 33 heavy (non-hydrogen) atoms. The van der Waals surface area contributed by atoms with E-state index in [9.17, 15) is 26.3 Å². The van der Waals surface area contributed by atoms with Gasteiger partial charge in [0, 0.05) is 25.0 Å². The molecule has 0 aliphatic rings. The van der Waals surface area contributed by atoms with E-state index in [0.29, 0.717) is 13.1 Å². The van der Waals surface area contributed by atoms with Crippen molar-refractivity contribution in [1.82, 2.24) is 14.4 Å². The van der Waals surface area contributed by atoms with Crippen molar-refractivity contribution in [3.63, 3.8) is 0 Å². The molecule has 2 heterocycles. The van der Waals surface area contributed by atoms with Crippen molar-refractivity contribution in [3.05, 3.63) is 35.7 Å². The van der Waals surface area contributed by atoms with Gasteiger partial charge in [0.25, 0.3) is 0 Å². The van der Waals surface area contributed by atoms with Crippen molar-refractivity contribution in [3.8, 4) is 0 Å². The first-order valence-electron chi connectivity index (χ1n) is 8.88. The first-order chi connectivity index (χ1) is 15.1. The molecule has 2 aromatic heterocycles. The Kier molecular flexibility index (Phi) is 8.97. The minimum atomic E-state index is -5.08. The van der Waals surface area contributed by atoms with Crippen molar-refractivity contribution in [2.45, 2.75) is 26.2 Å². The van der Waals surface area contributed by atoms with Crippen LogP contribution in [0.5, 0.6) is 0 Å². The molecule has 5 N–H and O–H groups in total. The highest BCUT2D eigenvalue weighted by Crippen LogP contribution is 2.23. The molecule has 15 heteroatoms. The molecule has 0 saturated carbocycles. The van der Waals surface area contributed by atoms with Gasteiger partial charge in [-0.15, -0.1) is 0 Å². The summed E-state index contributed by atoms with van der Waals surface area (Å²) in [6.07, 6.45) is -8.30. The Morgan fingerprint density at radius 3 is 2.03 bits per heavy atom. The second-order valence-corrected chi connectivity index (χ2v) is 6.33. The quantitative estimate of drug-likeness (QED) is 0.416. The molecule has 0 aliphatic heterocycles. The maximum atomic E-state index is 10.6. The fraction of sp³-hybridized carbons (Fsp3) is 0.333. The van der Waals surface area contributed by atoms with E-state index in [1.54, 1.807) is 0 Å². The number of imidazole rings is 1. The van der Waals surface area contributed by atoms with Crippen molar-refractivity contribution in [1.29, 1.82) is 0 Å². The number of nitrogens with zero attached hydrogens (tertiary/aromatic N) is 3. The van der Waals surface area contributed by atoms with Crippen LogP contribution in [0.3, 0.4) is 0 Å². The number of hydrogen-bond acceptors (Lipinski definition) is 6. The number of hydrogen-bond donors (Lipinski definition) is 4. The fourth-order valence-electron chi connectivity index (χ4n) is 2.29. The summed E-state index contributed by atoms with van der Waals surface area (Å²) in [5.74, 6) is -4.73. The van der Waals surface area contributed by atoms with Gasteiger partial charge in [-0.2, -0.15) is 26.3 Å². The number of benzene rings is 1. The molecule has 3 aromatic rings. The van der Waals surface area contributed by atoms with Gasteiger partial charge in [-0.05, 0) is 31.5 Å². The smallest absolute Gasteiger partial charge is 0.475 e. The molecular weight excluding hydrogens is 464 g/mol. The minimum absolute atomic E-state index is 0.569. The highest BCUT2D eigenvalue weighted by atomic mass is 19.4. The Hall–Kier alpha value is -3.62. The number of rotatable bonds is 3. The summed E-state index contributed by atoms with van der Waals surface area (Å²) < 4.78 is 65.6. The number of aliphatic carboxylic acids is 2. The molecule has 0 spiro atoms. The Bertz CT molecular complexity index is 1100. The van der Waals surface area contributed by atoms with E-state index < -0.39 is 24.3 Å². The highest BCUT2D eigenvalue weighted by molar-refractivity contribution is 5.83. The second kappa shape index (κ2) is 10.8. The lowest BCUT2D eigenvalue weighted by Gasteiger charge is -2.10. The van der Waals surface area contributed by atoms with Crippen molar-refractivity contribution in [2.24, 2.45) is 5.73 Å². The average molecular weight is 483 g/mol. The Balaban J connectivity index is 0.000000324. The lowest BCUT2D eigenvalue weighted by Crippen LogP contribution is -2.21. The third-order valence-corrected chi connectivity index (χ3v) is 3.68. The Morgan fingerprint density at radius 1 is 1.06 bits per heavy atom. The molecule has 0 fully saturated rings. The van der Waals surface area contributed by atoms with Crippen LogP contribution in [0.1, 0.15) is 11.3 Å². The van der Waals surface area contributed by atoms with Crippen LogP contribution in [-0.2, 0) is 9.59 Å². The molecule has 0 radical (unpaired) electrons. The van der Waals surface area contributed by atoms with Crippen LogP contribution in [-0.4, -0.2) is 62.0 Å². The number of carboxylic acids is 2. The number of aryl methyl sites for hydroxylation is 2. The van der Waals surface area contributed by atoms with Gasteiger partial charge in [-0.3, -0.25) is 4.40 Å². The molecular formula is C18H19F6N5O4. The van der Waals surface area contributed by atoms with Gasteiger partial charge >= 0.3 is 24.3 Å². The number of carboxylic acid groups (broad SMARTS) is 2. The van der Waals surface area contributed by atoms with E-state index in [-0.39, 0.29) is 0 Å². The Morgan fingerprint density at radius 2 is 1.58 bits per heavy atom. The van der Waals surface area contributed by atoms with Crippen LogP contribution in [0, 0.1) is 13.8 Å². The minimum Gasteiger partial charge on any atom is -0.475 e. The first-order valence-corrected chi connectivity index (χ1v) is 8.88. The molecule has 3 rings (SSSR count). The molecule has 0 saturated heterocycles. The number of nitrogens with two attached hydrogens (primary N) is 1. The molecule has 9 nitrogen and oxygen atoms in total. The standard InChI is InChI=1S/C14H17N5.2C2HF3O2/c1-9-3-4-11-12(7-9)19-10(2)8-17-14(19)13(18-11)16-6-5-15;2*3-2(4,5)1(6)7/h3-4,7-8H,5-6,15H2,1-2H3,(H,16,18);2*(H,6,7). The van der Waals surface area contributed by atoms with Gasteiger partial charge in [0.2, 0.25) is 0 Å². The summed E-state index contributed by atoms with van der Waals surface area (Å²) >= 11 is 0. The predicted molar refractivity (Wildman–Crippen MR) is 105 cm³/mol. The van der Waals surface area contributed by atoms with Gasteiger partial charge < -0.3 is 21.3 Å². The van der Waals surface area contributed by atoms with Crippen molar-refractivity contribution < 1.29 is 46.1 Å². The van der Waals surface area contributed by atoms with Gasteiger partial charge in [0.15, 0.2) is 11.5 Å². The zero-order valence-corrected chi connectivity index (χ0v) is 17.1. The molecule has 0 aliphatic carbocycles. The van der Waals surface area contributed by atoms with Gasteiger partial charge in [-0.1, -0.05) is 6.07 Å². The van der Waals surface area contributed by atoms with Gasteiger partial charge in [-0.25, -0.2) is 19.6 Å². The molecule has 0 bridgehead atoms. The number of alkyl halides is 6. The molecule has 0 unspecified atom stereocenters. The topological polar surface area (TPSA) is 143 Å². The van der Waals surface area contributed by atoms with E-state index in [2.05, 4.69) is 45.7 Å². The Labute approximate surface area is 181 Å². The van der Waals surface area contributed by atoms with Crippen LogP contribution in [0.2, 0.25) is 0 Å². The third-order valence-electron chi connectivity index (χ3n) is 3.68. The molecule has 1 aromatic carbocycles. The maximum Gasteiger partial charge on any atom is 0.490 e. The number of nitrogens with one attached hydrogen (secondary N) is 1. The number of aromatic nitrogens is 3. The lowest BCUT2D eigenvalue weighted by atomic mass is 10.2. The van der Waals surface area contributed by atoms with E-state index in [4.69, 9.17) is 25.5 Å². The summed E-state index contributed by atoms with van der Waals surface area (Å²) in [5.41, 5.74) is 10.8. The van der Waals surface area contributed by atoms with E-state index in [0.717, 1.165) is 28.2 Å². The second-order valence-electron chi connectivity index (χ2n) is 6.33. The normalized spacial score (nSPS) is 11.3. The van der Waals surface area contributed by atoms with E-state index in [1.807, 2.05) is 12.3 Å². The van der Waals surface area contributed by atoms with Crippen LogP contribution < -0.4 is 11.1 Å². The molecule has 0 atom stereocenters. The van der Waals surface area contributed by atoms with Crippen LogP contribution >= 0.6 is 0 Å². The van der Waals surface area contributed by atoms with Gasteiger partial charge in [0.05, 0.1) is 11.0 Å². The SMILES string of the molecule is Cc1ccc2nc(NCCN)c3ncc(C)n3c2c1.O=C(O)C(F)(F)F.O=C(O)C(F)(F)F. The number of carbonyl (C=O) groups is 2. The van der Waals surface area contributed by atoms with Crippen molar-refractivity contribution in [2.75, 3.05) is 18.4 Å². The van der Waals surface area contributed by atoms with Crippen molar-refractivity contribution >= 4 is 34.4 Å². The van der Waals surface area contributed by atoms with Crippen LogP contribution in [0.15, 0.2) is 24.4 Å². The fourth-order valence-corrected chi connectivity index (χ4v) is 2.29. The van der Waals surface area contributed by atoms with E-state index >= 15 is 0 Å². The number of anilines is 1. The summed E-state index contributed by atoms with van der Waals surface area (Å²) in [7, 11) is 0. The summed E-state index contributed by atoms with van der Waals surface area (Å²) in [5, 5.41) is 17.5. The van der Waals surface area contributed by atoms with Crippen LogP contribution in [0.4, 0.5) is 32.2 Å². The predicted octanol–water partition coefficient (Wildman–Crippen LogP) is 3.14. The summed E-state index contributed by atoms with van der Waals surface area (Å²) in [6, 6.07) is 6.24.